The summed E-state index contributed by atoms with van der Waals surface area (Å²) in [4.78, 5) is 0. The van der Waals surface area contributed by atoms with Crippen LogP contribution in [0.1, 0.15) is 35.8 Å². The number of rotatable bonds is 10. The zero-order chi connectivity index (χ0) is 24.9. The SMILES string of the molecule is C#CCOc1ccc(NC(c2cccc(OC3CC3)c2)c2nnnn2-c2ccc(OC)cc2C)cc1. The highest BCUT2D eigenvalue weighted by Gasteiger charge is 2.26. The van der Waals surface area contributed by atoms with Crippen molar-refractivity contribution in [1.82, 2.24) is 20.2 Å². The molecule has 1 aromatic heterocycles. The number of benzene rings is 3. The second kappa shape index (κ2) is 10.4. The lowest BCUT2D eigenvalue weighted by molar-refractivity contribution is 0.303. The molecule has 0 spiro atoms. The first-order chi connectivity index (χ1) is 17.6. The average Bonchev–Trinajstić information content (AvgIpc) is 3.59. The number of aryl methyl sites for hydroxylation is 1. The van der Waals surface area contributed by atoms with E-state index in [-0.39, 0.29) is 12.6 Å². The summed E-state index contributed by atoms with van der Waals surface area (Å²) >= 11 is 0. The Morgan fingerprint density at radius 2 is 1.86 bits per heavy atom. The summed E-state index contributed by atoms with van der Waals surface area (Å²) in [7, 11) is 1.65. The predicted molar refractivity (Wildman–Crippen MR) is 137 cm³/mol. The standard InChI is InChI=1S/C28H27N5O3/c1-4-16-35-22-10-8-21(9-11-22)29-27(20-6-5-7-25(18-20)36-23-12-13-23)28-30-31-32-33(28)26-15-14-24(34-3)17-19(26)2/h1,5-11,14-15,17-18,23,27,29H,12-13,16H2,2-3H3. The highest BCUT2D eigenvalue weighted by atomic mass is 16.5. The molecular weight excluding hydrogens is 454 g/mol. The minimum atomic E-state index is -0.360. The molecule has 1 unspecified atom stereocenters. The summed E-state index contributed by atoms with van der Waals surface area (Å²) in [5.74, 6) is 5.43. The van der Waals surface area contributed by atoms with Crippen molar-refractivity contribution in [2.24, 2.45) is 0 Å². The number of hydrogen-bond donors (Lipinski definition) is 1. The van der Waals surface area contributed by atoms with Crippen LogP contribution >= 0.6 is 0 Å². The molecule has 1 atom stereocenters. The van der Waals surface area contributed by atoms with Gasteiger partial charge in [0.1, 0.15) is 29.9 Å². The number of ether oxygens (including phenoxy) is 3. The second-order valence-electron chi connectivity index (χ2n) is 8.59. The number of anilines is 1. The molecule has 8 nitrogen and oxygen atoms in total. The average molecular weight is 482 g/mol. The molecule has 182 valence electrons. The molecule has 0 radical (unpaired) electrons. The van der Waals surface area contributed by atoms with Crippen LogP contribution < -0.4 is 19.5 Å². The third kappa shape index (κ3) is 5.26. The van der Waals surface area contributed by atoms with Gasteiger partial charge in [0.15, 0.2) is 5.82 Å². The van der Waals surface area contributed by atoms with Crippen LogP contribution in [0.15, 0.2) is 66.7 Å². The molecule has 3 aromatic carbocycles. The van der Waals surface area contributed by atoms with E-state index in [4.69, 9.17) is 20.6 Å². The highest BCUT2D eigenvalue weighted by Crippen LogP contribution is 2.33. The molecule has 0 aliphatic heterocycles. The molecule has 0 amide bonds. The third-order valence-corrected chi connectivity index (χ3v) is 5.89. The Bertz CT molecular complexity index is 1370. The van der Waals surface area contributed by atoms with E-state index < -0.39 is 0 Å². The van der Waals surface area contributed by atoms with E-state index in [0.717, 1.165) is 46.8 Å². The largest absolute Gasteiger partial charge is 0.497 e. The Morgan fingerprint density at radius 3 is 2.58 bits per heavy atom. The summed E-state index contributed by atoms with van der Waals surface area (Å²) in [6, 6.07) is 21.1. The van der Waals surface area contributed by atoms with Gasteiger partial charge in [-0.3, -0.25) is 0 Å². The van der Waals surface area contributed by atoms with Gasteiger partial charge in [-0.25, -0.2) is 0 Å². The summed E-state index contributed by atoms with van der Waals surface area (Å²) in [5, 5.41) is 16.4. The molecule has 4 aromatic rings. The van der Waals surface area contributed by atoms with Crippen LogP contribution in [0.4, 0.5) is 5.69 Å². The van der Waals surface area contributed by atoms with E-state index in [0.29, 0.717) is 17.7 Å². The van der Waals surface area contributed by atoms with Crippen LogP contribution in [0.25, 0.3) is 5.69 Å². The van der Waals surface area contributed by atoms with Gasteiger partial charge in [-0.15, -0.1) is 11.5 Å². The Morgan fingerprint density at radius 1 is 1.06 bits per heavy atom. The third-order valence-electron chi connectivity index (χ3n) is 5.89. The molecule has 1 saturated carbocycles. The minimum absolute atomic E-state index is 0.221. The summed E-state index contributed by atoms with van der Waals surface area (Å²) in [6.07, 6.45) is 7.79. The van der Waals surface area contributed by atoms with Crippen LogP contribution in [0.2, 0.25) is 0 Å². The first-order valence-corrected chi connectivity index (χ1v) is 11.8. The lowest BCUT2D eigenvalue weighted by Gasteiger charge is -2.21. The number of tetrazole rings is 1. The van der Waals surface area contributed by atoms with Crippen molar-refractivity contribution in [2.45, 2.75) is 31.9 Å². The van der Waals surface area contributed by atoms with Crippen LogP contribution in [0.3, 0.4) is 0 Å². The van der Waals surface area contributed by atoms with Crippen molar-refractivity contribution in [3.63, 3.8) is 0 Å². The van der Waals surface area contributed by atoms with Crippen LogP contribution in [0.5, 0.6) is 17.2 Å². The van der Waals surface area contributed by atoms with Gasteiger partial charge in [-0.05, 0) is 95.9 Å². The molecule has 36 heavy (non-hydrogen) atoms. The van der Waals surface area contributed by atoms with Gasteiger partial charge in [0.2, 0.25) is 0 Å². The molecule has 1 fully saturated rings. The molecule has 8 heteroatoms. The van der Waals surface area contributed by atoms with Crippen molar-refractivity contribution in [2.75, 3.05) is 19.0 Å². The quantitative estimate of drug-likeness (QED) is 0.328. The Hall–Kier alpha value is -4.51. The molecule has 1 aliphatic carbocycles. The number of hydrogen-bond acceptors (Lipinski definition) is 7. The summed E-state index contributed by atoms with van der Waals surface area (Å²) < 4.78 is 18.7. The van der Waals surface area contributed by atoms with Gasteiger partial charge in [0.25, 0.3) is 0 Å². The normalized spacial score (nSPS) is 13.5. The summed E-state index contributed by atoms with van der Waals surface area (Å²) in [5.41, 5.74) is 3.71. The van der Waals surface area contributed by atoms with E-state index in [2.05, 4.69) is 26.8 Å². The van der Waals surface area contributed by atoms with E-state index >= 15 is 0 Å². The van der Waals surface area contributed by atoms with Crippen LogP contribution in [0, 0.1) is 19.3 Å². The Balaban J connectivity index is 1.52. The lowest BCUT2D eigenvalue weighted by Crippen LogP contribution is -2.18. The van der Waals surface area contributed by atoms with E-state index in [9.17, 15) is 0 Å². The van der Waals surface area contributed by atoms with Gasteiger partial charge < -0.3 is 19.5 Å². The van der Waals surface area contributed by atoms with E-state index in [1.54, 1.807) is 11.8 Å². The zero-order valence-electron chi connectivity index (χ0n) is 20.2. The highest BCUT2D eigenvalue weighted by molar-refractivity contribution is 5.52. The first kappa shape index (κ1) is 23.2. The molecular formula is C28H27N5O3. The predicted octanol–water partition coefficient (Wildman–Crippen LogP) is 4.73. The smallest absolute Gasteiger partial charge is 0.183 e. The number of aromatic nitrogens is 4. The fraction of sp³-hybridized carbons (Fsp3) is 0.250. The Kier molecular flexibility index (Phi) is 6.72. The van der Waals surface area contributed by atoms with Gasteiger partial charge in [0, 0.05) is 5.69 Å². The topological polar surface area (TPSA) is 83.3 Å². The van der Waals surface area contributed by atoms with Crippen LogP contribution in [-0.2, 0) is 0 Å². The monoisotopic (exact) mass is 481 g/mol. The van der Waals surface area contributed by atoms with Crippen molar-refractivity contribution >= 4 is 5.69 Å². The number of terminal acetylenes is 1. The van der Waals surface area contributed by atoms with Crippen molar-refractivity contribution in [3.05, 3.63) is 83.7 Å². The Labute approximate surface area is 210 Å². The zero-order valence-corrected chi connectivity index (χ0v) is 20.2. The van der Waals surface area contributed by atoms with Gasteiger partial charge in [-0.1, -0.05) is 18.1 Å². The second-order valence-corrected chi connectivity index (χ2v) is 8.59. The first-order valence-electron chi connectivity index (χ1n) is 11.8. The molecule has 5 rings (SSSR count). The maximum atomic E-state index is 6.06. The van der Waals surface area contributed by atoms with Crippen molar-refractivity contribution < 1.29 is 14.2 Å². The fourth-order valence-corrected chi connectivity index (χ4v) is 3.92. The minimum Gasteiger partial charge on any atom is -0.497 e. The van der Waals surface area contributed by atoms with Gasteiger partial charge in [0.05, 0.1) is 18.9 Å². The summed E-state index contributed by atoms with van der Waals surface area (Å²) in [6.45, 7) is 2.23. The van der Waals surface area contributed by atoms with Gasteiger partial charge >= 0.3 is 0 Å². The molecule has 0 bridgehead atoms. The van der Waals surface area contributed by atoms with E-state index in [1.807, 2.05) is 73.7 Å². The number of nitrogens with zero attached hydrogens (tertiary/aromatic N) is 4. The maximum Gasteiger partial charge on any atom is 0.183 e. The maximum absolute atomic E-state index is 6.06. The number of nitrogens with one attached hydrogen (secondary N) is 1. The fourth-order valence-electron chi connectivity index (χ4n) is 3.92. The molecule has 0 saturated heterocycles. The molecule has 1 heterocycles. The van der Waals surface area contributed by atoms with E-state index in [1.165, 1.54) is 0 Å². The molecule has 1 aliphatic rings. The van der Waals surface area contributed by atoms with Crippen molar-refractivity contribution in [1.29, 1.82) is 0 Å². The lowest BCUT2D eigenvalue weighted by atomic mass is 10.0. The van der Waals surface area contributed by atoms with Crippen LogP contribution in [-0.4, -0.2) is 40.0 Å². The van der Waals surface area contributed by atoms with Gasteiger partial charge in [-0.2, -0.15) is 4.68 Å². The molecule has 1 N–H and O–H groups in total. The van der Waals surface area contributed by atoms with Crippen molar-refractivity contribution in [3.8, 4) is 35.3 Å². The number of methoxy groups -OCH3 is 1.